The van der Waals surface area contributed by atoms with Crippen LogP contribution in [0.25, 0.3) is 0 Å². The smallest absolute Gasteiger partial charge is 0.338 e. The van der Waals surface area contributed by atoms with Crippen LogP contribution in [-0.2, 0) is 14.8 Å². The summed E-state index contributed by atoms with van der Waals surface area (Å²) >= 11 is 0. The summed E-state index contributed by atoms with van der Waals surface area (Å²) in [5.74, 6) is -2.32. The van der Waals surface area contributed by atoms with E-state index in [-0.39, 0.29) is 12.5 Å². The molecule has 1 aromatic carbocycles. The van der Waals surface area contributed by atoms with E-state index in [0.29, 0.717) is 12.1 Å². The number of nitro groups is 1. The number of halogens is 1. The van der Waals surface area contributed by atoms with Gasteiger partial charge < -0.3 is 4.74 Å². The molecule has 0 aliphatic heterocycles. The van der Waals surface area contributed by atoms with Crippen LogP contribution in [0.5, 0.6) is 0 Å². The van der Waals surface area contributed by atoms with Crippen molar-refractivity contribution in [2.75, 3.05) is 6.61 Å². The van der Waals surface area contributed by atoms with E-state index in [1.54, 1.807) is 0 Å². The second-order valence-corrected chi connectivity index (χ2v) is 6.18. The van der Waals surface area contributed by atoms with Crippen LogP contribution in [0.1, 0.15) is 23.2 Å². The lowest BCUT2D eigenvalue weighted by molar-refractivity contribution is -0.387. The molecule has 0 saturated heterocycles. The predicted molar refractivity (Wildman–Crippen MR) is 67.4 cm³/mol. The lowest BCUT2D eigenvalue weighted by atomic mass is 10.2. The first-order valence-electron chi connectivity index (χ1n) is 5.88. The van der Waals surface area contributed by atoms with Gasteiger partial charge in [-0.25, -0.2) is 18.4 Å². The van der Waals surface area contributed by atoms with Gasteiger partial charge in [0.25, 0.3) is 0 Å². The van der Waals surface area contributed by atoms with Crippen LogP contribution in [0.15, 0.2) is 17.0 Å². The lowest BCUT2D eigenvalue weighted by Gasteiger charge is -2.07. The van der Waals surface area contributed by atoms with Crippen LogP contribution >= 0.6 is 0 Å². The molecule has 21 heavy (non-hydrogen) atoms. The highest BCUT2D eigenvalue weighted by atomic mass is 32.2. The van der Waals surface area contributed by atoms with Gasteiger partial charge in [0.05, 0.1) is 17.1 Å². The van der Waals surface area contributed by atoms with E-state index in [9.17, 15) is 27.7 Å². The summed E-state index contributed by atoms with van der Waals surface area (Å²) < 4.78 is 41.1. The molecule has 1 aliphatic carbocycles. The molecule has 2 N–H and O–H groups in total. The van der Waals surface area contributed by atoms with Crippen LogP contribution < -0.4 is 5.14 Å². The van der Waals surface area contributed by atoms with Crippen LogP contribution in [0, 0.1) is 21.8 Å². The molecule has 1 saturated carbocycles. The molecular weight excluding hydrogens is 307 g/mol. The molecule has 0 aromatic heterocycles. The molecule has 0 unspecified atom stereocenters. The Morgan fingerprint density at radius 2 is 2.10 bits per heavy atom. The molecule has 0 spiro atoms. The summed E-state index contributed by atoms with van der Waals surface area (Å²) in [6.45, 7) is 0.134. The molecule has 1 fully saturated rings. The summed E-state index contributed by atoms with van der Waals surface area (Å²) in [4.78, 5) is 20.2. The van der Waals surface area contributed by atoms with Gasteiger partial charge in [-0.15, -0.1) is 0 Å². The number of sulfonamides is 1. The van der Waals surface area contributed by atoms with Crippen LogP contribution in [-0.4, -0.2) is 25.9 Å². The summed E-state index contributed by atoms with van der Waals surface area (Å²) in [5.41, 5.74) is -1.59. The zero-order valence-corrected chi connectivity index (χ0v) is 11.4. The molecule has 1 aliphatic rings. The fourth-order valence-electron chi connectivity index (χ4n) is 1.60. The van der Waals surface area contributed by atoms with E-state index in [1.165, 1.54) is 0 Å². The van der Waals surface area contributed by atoms with Crippen molar-refractivity contribution in [3.63, 3.8) is 0 Å². The third-order valence-electron chi connectivity index (χ3n) is 2.91. The minimum atomic E-state index is -4.55. The molecule has 1 aromatic rings. The highest BCUT2D eigenvalue weighted by Crippen LogP contribution is 2.30. The Hall–Kier alpha value is -2.07. The summed E-state index contributed by atoms with van der Waals surface area (Å²) in [6, 6.07) is 1.26. The molecule has 10 heteroatoms. The summed E-state index contributed by atoms with van der Waals surface area (Å²) in [6.07, 6.45) is 1.83. The molecule has 8 nitrogen and oxygen atoms in total. The largest absolute Gasteiger partial charge is 0.462 e. The number of rotatable bonds is 5. The Morgan fingerprint density at radius 3 is 2.57 bits per heavy atom. The van der Waals surface area contributed by atoms with Gasteiger partial charge >= 0.3 is 11.7 Å². The first-order chi connectivity index (χ1) is 9.70. The molecule has 0 bridgehead atoms. The maximum atomic E-state index is 13.7. The van der Waals surface area contributed by atoms with E-state index in [4.69, 9.17) is 9.88 Å². The van der Waals surface area contributed by atoms with Gasteiger partial charge in [0, 0.05) is 6.07 Å². The topological polar surface area (TPSA) is 130 Å². The first kappa shape index (κ1) is 15.3. The van der Waals surface area contributed by atoms with Crippen molar-refractivity contribution in [3.05, 3.63) is 33.6 Å². The number of ether oxygens (including phenoxy) is 1. The lowest BCUT2D eigenvalue weighted by Crippen LogP contribution is -2.17. The average Bonchev–Trinajstić information content (AvgIpc) is 3.18. The van der Waals surface area contributed by atoms with Crippen molar-refractivity contribution in [1.82, 2.24) is 0 Å². The number of nitrogens with two attached hydrogens (primary N) is 1. The Balaban J connectivity index is 2.43. The van der Waals surface area contributed by atoms with Gasteiger partial charge in [0.2, 0.25) is 15.8 Å². The van der Waals surface area contributed by atoms with Gasteiger partial charge in [0.15, 0.2) is 0 Å². The summed E-state index contributed by atoms with van der Waals surface area (Å²) in [7, 11) is -4.55. The molecule has 2 rings (SSSR count). The van der Waals surface area contributed by atoms with Crippen molar-refractivity contribution in [2.45, 2.75) is 17.7 Å². The zero-order valence-electron chi connectivity index (χ0n) is 10.6. The fraction of sp³-hybridized carbons (Fsp3) is 0.364. The number of nitrogens with zero attached hydrogens (tertiary/aromatic N) is 1. The normalized spacial score (nSPS) is 14.8. The quantitative estimate of drug-likeness (QED) is 0.488. The standard InChI is InChI=1S/C11H11FN2O6S/c12-10-8(14(16)17)3-7(4-9(10)21(13,18)19)11(15)20-5-6-1-2-6/h3-4,6H,1-2,5H2,(H2,13,18,19). The molecule has 0 atom stereocenters. The average molecular weight is 318 g/mol. The van der Waals surface area contributed by atoms with Gasteiger partial charge in [-0.1, -0.05) is 0 Å². The Labute approximate surface area is 118 Å². The number of carbonyl (C=O) groups is 1. The number of carbonyl (C=O) groups excluding carboxylic acids is 1. The molecule has 0 amide bonds. The van der Waals surface area contributed by atoms with Gasteiger partial charge in [0.1, 0.15) is 4.90 Å². The minimum Gasteiger partial charge on any atom is -0.462 e. The second kappa shape index (κ2) is 5.37. The fourth-order valence-corrected chi connectivity index (χ4v) is 2.25. The van der Waals surface area contributed by atoms with E-state index in [0.717, 1.165) is 12.8 Å². The van der Waals surface area contributed by atoms with E-state index >= 15 is 0 Å². The molecule has 0 heterocycles. The van der Waals surface area contributed by atoms with Crippen molar-refractivity contribution in [1.29, 1.82) is 0 Å². The Morgan fingerprint density at radius 1 is 1.48 bits per heavy atom. The van der Waals surface area contributed by atoms with Crippen molar-refractivity contribution < 1.29 is 27.3 Å². The van der Waals surface area contributed by atoms with Crippen molar-refractivity contribution in [2.24, 2.45) is 11.1 Å². The number of esters is 1. The predicted octanol–water partition coefficient (Wildman–Crippen LogP) is 0.948. The Kier molecular flexibility index (Phi) is 3.92. The number of hydrogen-bond donors (Lipinski definition) is 1. The SMILES string of the molecule is NS(=O)(=O)c1cc(C(=O)OCC2CC2)cc([N+](=O)[O-])c1F. The van der Waals surface area contributed by atoms with E-state index in [1.807, 2.05) is 0 Å². The first-order valence-corrected chi connectivity index (χ1v) is 7.42. The Bertz CT molecular complexity index is 714. The molecule has 114 valence electrons. The van der Waals surface area contributed by atoms with E-state index in [2.05, 4.69) is 0 Å². The van der Waals surface area contributed by atoms with E-state index < -0.39 is 42.9 Å². The van der Waals surface area contributed by atoms with Crippen molar-refractivity contribution >= 4 is 21.7 Å². The highest BCUT2D eigenvalue weighted by Gasteiger charge is 2.29. The second-order valence-electron chi connectivity index (χ2n) is 4.65. The molecular formula is C11H11FN2O6S. The third kappa shape index (κ3) is 3.52. The number of primary sulfonamides is 1. The molecule has 0 radical (unpaired) electrons. The monoisotopic (exact) mass is 318 g/mol. The summed E-state index contributed by atoms with van der Waals surface area (Å²) in [5, 5.41) is 15.5. The number of benzene rings is 1. The van der Waals surface area contributed by atoms with Gasteiger partial charge in [-0.3, -0.25) is 10.1 Å². The van der Waals surface area contributed by atoms with Crippen molar-refractivity contribution in [3.8, 4) is 0 Å². The van der Waals surface area contributed by atoms with Gasteiger partial charge in [-0.05, 0) is 24.8 Å². The maximum Gasteiger partial charge on any atom is 0.338 e. The zero-order chi connectivity index (χ0) is 15.8. The van der Waals surface area contributed by atoms with Crippen LogP contribution in [0.3, 0.4) is 0 Å². The van der Waals surface area contributed by atoms with Crippen LogP contribution in [0.4, 0.5) is 10.1 Å². The third-order valence-corrected chi connectivity index (χ3v) is 3.82. The highest BCUT2D eigenvalue weighted by molar-refractivity contribution is 7.89. The number of hydrogen-bond acceptors (Lipinski definition) is 6. The minimum absolute atomic E-state index is 0.134. The van der Waals surface area contributed by atoms with Gasteiger partial charge in [-0.2, -0.15) is 4.39 Å². The number of nitro benzene ring substituents is 1. The van der Waals surface area contributed by atoms with Crippen LogP contribution in [0.2, 0.25) is 0 Å². The maximum absolute atomic E-state index is 13.7.